The Bertz CT molecular complexity index is 425. The highest BCUT2D eigenvalue weighted by molar-refractivity contribution is 5.23. The van der Waals surface area contributed by atoms with Crippen LogP contribution in [-0.4, -0.2) is 25.8 Å². The van der Waals surface area contributed by atoms with Crippen molar-refractivity contribution >= 4 is 5.95 Å². The summed E-state index contributed by atoms with van der Waals surface area (Å²) in [5.41, 5.74) is 0. The average molecular weight is 221 g/mol. The Morgan fingerprint density at radius 1 is 1.44 bits per heavy atom. The van der Waals surface area contributed by atoms with Gasteiger partial charge < -0.3 is 5.32 Å². The summed E-state index contributed by atoms with van der Waals surface area (Å²) >= 11 is 0. The molecule has 0 saturated heterocycles. The van der Waals surface area contributed by atoms with E-state index < -0.39 is 5.82 Å². The summed E-state index contributed by atoms with van der Waals surface area (Å²) in [5, 5.41) is 7.15. The van der Waals surface area contributed by atoms with Crippen molar-refractivity contribution in [1.82, 2.24) is 19.7 Å². The normalized spacial score (nSPS) is 12.4. The number of nitrogens with zero attached hydrogens (tertiary/aromatic N) is 4. The van der Waals surface area contributed by atoms with Gasteiger partial charge in [0.1, 0.15) is 0 Å². The Morgan fingerprint density at radius 3 is 2.81 bits per heavy atom. The van der Waals surface area contributed by atoms with E-state index in [0.29, 0.717) is 12.5 Å². The van der Waals surface area contributed by atoms with Gasteiger partial charge in [0.15, 0.2) is 5.82 Å². The number of rotatable bonds is 4. The fourth-order valence-electron chi connectivity index (χ4n) is 1.34. The molecule has 0 aliphatic heterocycles. The zero-order valence-electron chi connectivity index (χ0n) is 8.84. The second-order valence-electron chi connectivity index (χ2n) is 3.50. The minimum atomic E-state index is -0.440. The maximum atomic E-state index is 12.6. The Labute approximate surface area is 92.3 Å². The molecule has 84 valence electrons. The van der Waals surface area contributed by atoms with Gasteiger partial charge in [-0.25, -0.2) is 14.4 Å². The quantitative estimate of drug-likeness (QED) is 0.845. The predicted octanol–water partition coefficient (Wildman–Crippen LogP) is 1.31. The van der Waals surface area contributed by atoms with Crippen molar-refractivity contribution in [2.24, 2.45) is 0 Å². The molecule has 0 fully saturated rings. The summed E-state index contributed by atoms with van der Waals surface area (Å²) in [5.74, 6) is -0.0219. The molecule has 0 radical (unpaired) electrons. The topological polar surface area (TPSA) is 55.6 Å². The van der Waals surface area contributed by atoms with Crippen molar-refractivity contribution in [2.75, 3.05) is 5.32 Å². The maximum Gasteiger partial charge on any atom is 0.223 e. The van der Waals surface area contributed by atoms with E-state index in [1.807, 2.05) is 19.2 Å². The van der Waals surface area contributed by atoms with Gasteiger partial charge in [0, 0.05) is 18.4 Å². The fourth-order valence-corrected chi connectivity index (χ4v) is 1.34. The summed E-state index contributed by atoms with van der Waals surface area (Å²) < 4.78 is 14.4. The van der Waals surface area contributed by atoms with E-state index >= 15 is 0 Å². The van der Waals surface area contributed by atoms with Crippen LogP contribution in [0.5, 0.6) is 0 Å². The zero-order chi connectivity index (χ0) is 11.4. The van der Waals surface area contributed by atoms with Crippen LogP contribution in [0.2, 0.25) is 0 Å². The molecule has 1 atom stereocenters. The standard InChI is InChI=1S/C10H12FN5/c1-8(7-16-4-2-3-14-16)15-10-12-5-9(11)6-13-10/h2-6,8H,7H2,1H3,(H,12,13,15). The largest absolute Gasteiger partial charge is 0.350 e. The van der Waals surface area contributed by atoms with Crippen LogP contribution in [-0.2, 0) is 6.54 Å². The molecule has 1 N–H and O–H groups in total. The van der Waals surface area contributed by atoms with Crippen molar-refractivity contribution in [3.8, 4) is 0 Å². The van der Waals surface area contributed by atoms with Crippen LogP contribution in [0.3, 0.4) is 0 Å². The van der Waals surface area contributed by atoms with Crippen LogP contribution in [0.1, 0.15) is 6.92 Å². The van der Waals surface area contributed by atoms with E-state index in [1.54, 1.807) is 10.9 Å². The van der Waals surface area contributed by atoms with Gasteiger partial charge in [-0.05, 0) is 13.0 Å². The number of anilines is 1. The van der Waals surface area contributed by atoms with Gasteiger partial charge in [-0.1, -0.05) is 0 Å². The van der Waals surface area contributed by atoms with Crippen LogP contribution >= 0.6 is 0 Å². The van der Waals surface area contributed by atoms with Crippen LogP contribution in [0, 0.1) is 5.82 Å². The van der Waals surface area contributed by atoms with Gasteiger partial charge in [0.2, 0.25) is 5.95 Å². The predicted molar refractivity (Wildman–Crippen MR) is 57.3 cm³/mol. The number of hydrogen-bond donors (Lipinski definition) is 1. The fraction of sp³-hybridized carbons (Fsp3) is 0.300. The minimum absolute atomic E-state index is 0.116. The first-order valence-electron chi connectivity index (χ1n) is 4.95. The summed E-state index contributed by atoms with van der Waals surface area (Å²) in [4.78, 5) is 7.64. The SMILES string of the molecule is CC(Cn1cccn1)Nc1ncc(F)cn1. The zero-order valence-corrected chi connectivity index (χ0v) is 8.84. The molecule has 0 aliphatic carbocycles. The third kappa shape index (κ3) is 2.75. The molecule has 2 heterocycles. The van der Waals surface area contributed by atoms with Crippen molar-refractivity contribution in [2.45, 2.75) is 19.5 Å². The van der Waals surface area contributed by atoms with E-state index in [1.165, 1.54) is 0 Å². The molecule has 1 unspecified atom stereocenters. The first-order valence-corrected chi connectivity index (χ1v) is 4.95. The Hall–Kier alpha value is -1.98. The van der Waals surface area contributed by atoms with E-state index in [9.17, 15) is 4.39 Å². The van der Waals surface area contributed by atoms with Crippen LogP contribution in [0.15, 0.2) is 30.9 Å². The van der Waals surface area contributed by atoms with Crippen LogP contribution in [0.25, 0.3) is 0 Å². The molecular formula is C10H12FN5. The second-order valence-corrected chi connectivity index (χ2v) is 3.50. The molecule has 2 rings (SSSR count). The van der Waals surface area contributed by atoms with Crippen LogP contribution in [0.4, 0.5) is 10.3 Å². The van der Waals surface area contributed by atoms with Crippen molar-refractivity contribution in [3.63, 3.8) is 0 Å². The molecule has 0 spiro atoms. The smallest absolute Gasteiger partial charge is 0.223 e. The summed E-state index contributed by atoms with van der Waals surface area (Å²) in [7, 11) is 0. The highest BCUT2D eigenvalue weighted by Gasteiger charge is 2.04. The second kappa shape index (κ2) is 4.69. The Kier molecular flexibility index (Phi) is 3.09. The summed E-state index contributed by atoms with van der Waals surface area (Å²) in [6, 6.07) is 1.98. The van der Waals surface area contributed by atoms with Gasteiger partial charge in [0.25, 0.3) is 0 Å². The lowest BCUT2D eigenvalue weighted by atomic mass is 10.3. The Balaban J connectivity index is 1.92. The van der Waals surface area contributed by atoms with E-state index in [2.05, 4.69) is 20.4 Å². The molecule has 0 aromatic carbocycles. The van der Waals surface area contributed by atoms with Crippen molar-refractivity contribution in [1.29, 1.82) is 0 Å². The molecule has 16 heavy (non-hydrogen) atoms. The van der Waals surface area contributed by atoms with E-state index in [-0.39, 0.29) is 6.04 Å². The highest BCUT2D eigenvalue weighted by Crippen LogP contribution is 2.02. The van der Waals surface area contributed by atoms with E-state index in [0.717, 1.165) is 12.4 Å². The molecule has 5 nitrogen and oxygen atoms in total. The lowest BCUT2D eigenvalue weighted by molar-refractivity contribution is 0.556. The molecule has 0 aliphatic rings. The van der Waals surface area contributed by atoms with Gasteiger partial charge in [-0.15, -0.1) is 0 Å². The molecule has 0 bridgehead atoms. The Morgan fingerprint density at radius 2 is 2.19 bits per heavy atom. The van der Waals surface area contributed by atoms with Gasteiger partial charge >= 0.3 is 0 Å². The van der Waals surface area contributed by atoms with Crippen molar-refractivity contribution < 1.29 is 4.39 Å². The van der Waals surface area contributed by atoms with E-state index in [4.69, 9.17) is 0 Å². The minimum Gasteiger partial charge on any atom is -0.350 e. The van der Waals surface area contributed by atoms with Crippen LogP contribution < -0.4 is 5.32 Å². The summed E-state index contributed by atoms with van der Waals surface area (Å²) in [6.45, 7) is 2.68. The summed E-state index contributed by atoms with van der Waals surface area (Å²) in [6.07, 6.45) is 5.87. The monoisotopic (exact) mass is 221 g/mol. The first kappa shape index (κ1) is 10.5. The lowest BCUT2D eigenvalue weighted by Crippen LogP contribution is -2.23. The number of hydrogen-bond acceptors (Lipinski definition) is 4. The number of nitrogens with one attached hydrogen (secondary N) is 1. The molecule has 0 amide bonds. The van der Waals surface area contributed by atoms with Gasteiger partial charge in [0.05, 0.1) is 18.9 Å². The van der Waals surface area contributed by atoms with Crippen molar-refractivity contribution in [3.05, 3.63) is 36.7 Å². The third-order valence-electron chi connectivity index (χ3n) is 2.02. The number of aromatic nitrogens is 4. The molecule has 6 heteroatoms. The first-order chi connectivity index (χ1) is 7.74. The number of halogens is 1. The molecular weight excluding hydrogens is 209 g/mol. The molecule has 2 aromatic rings. The van der Waals surface area contributed by atoms with Gasteiger partial charge in [-0.3, -0.25) is 4.68 Å². The third-order valence-corrected chi connectivity index (χ3v) is 2.02. The maximum absolute atomic E-state index is 12.6. The molecule has 2 aromatic heterocycles. The highest BCUT2D eigenvalue weighted by atomic mass is 19.1. The molecule has 0 saturated carbocycles. The lowest BCUT2D eigenvalue weighted by Gasteiger charge is -2.13. The van der Waals surface area contributed by atoms with Gasteiger partial charge in [-0.2, -0.15) is 5.10 Å². The average Bonchev–Trinajstić information content (AvgIpc) is 2.74.